The number of carbonyl (C=O) groups excluding carboxylic acids is 1. The lowest BCUT2D eigenvalue weighted by molar-refractivity contribution is -0.115. The van der Waals surface area contributed by atoms with Crippen molar-refractivity contribution in [1.82, 2.24) is 9.97 Å². The number of aromatic nitrogens is 2. The van der Waals surface area contributed by atoms with Crippen LogP contribution in [0.5, 0.6) is 5.75 Å². The normalized spacial score (nSPS) is 11.2. The lowest BCUT2D eigenvalue weighted by Gasteiger charge is -2.01. The predicted octanol–water partition coefficient (Wildman–Crippen LogP) is 4.50. The van der Waals surface area contributed by atoms with Crippen LogP contribution in [0.1, 0.15) is 12.5 Å². The van der Waals surface area contributed by atoms with Gasteiger partial charge in [0.05, 0.1) is 23.2 Å². The molecule has 7 heteroatoms. The van der Waals surface area contributed by atoms with E-state index < -0.39 is 0 Å². The minimum Gasteiger partial charge on any atom is -0.494 e. The van der Waals surface area contributed by atoms with Crippen LogP contribution >= 0.6 is 11.3 Å². The summed E-state index contributed by atoms with van der Waals surface area (Å²) in [5, 5.41) is 4.22. The Kier molecular flexibility index (Phi) is 4.30. The summed E-state index contributed by atoms with van der Waals surface area (Å²) in [7, 11) is 0. The fourth-order valence-electron chi connectivity index (χ4n) is 2.86. The minimum absolute atomic E-state index is 0.167. The number of rotatable bonds is 5. The van der Waals surface area contributed by atoms with E-state index in [1.165, 1.54) is 23.5 Å². The molecule has 0 atom stereocenters. The zero-order valence-corrected chi connectivity index (χ0v) is 14.8. The largest absolute Gasteiger partial charge is 0.494 e. The topological polar surface area (TPSA) is 67.0 Å². The number of halogens is 1. The van der Waals surface area contributed by atoms with Crippen molar-refractivity contribution in [3.8, 4) is 5.75 Å². The molecule has 4 aromatic rings. The molecular weight excluding hydrogens is 353 g/mol. The van der Waals surface area contributed by atoms with Crippen molar-refractivity contribution in [3.63, 3.8) is 0 Å². The number of H-pyrrole nitrogens is 1. The third kappa shape index (κ3) is 3.25. The highest BCUT2D eigenvalue weighted by Crippen LogP contribution is 2.29. The molecule has 0 aliphatic carbocycles. The van der Waals surface area contributed by atoms with E-state index in [9.17, 15) is 9.18 Å². The molecule has 0 aliphatic heterocycles. The average molecular weight is 369 g/mol. The van der Waals surface area contributed by atoms with E-state index >= 15 is 0 Å². The van der Waals surface area contributed by atoms with Gasteiger partial charge < -0.3 is 15.0 Å². The summed E-state index contributed by atoms with van der Waals surface area (Å²) < 4.78 is 19.7. The predicted molar refractivity (Wildman–Crippen MR) is 101 cm³/mol. The van der Waals surface area contributed by atoms with Gasteiger partial charge in [-0.1, -0.05) is 11.3 Å². The molecule has 2 aromatic carbocycles. The Morgan fingerprint density at radius 3 is 3.04 bits per heavy atom. The summed E-state index contributed by atoms with van der Waals surface area (Å²) in [6, 6.07) is 10.1. The van der Waals surface area contributed by atoms with Gasteiger partial charge in [-0.05, 0) is 48.9 Å². The summed E-state index contributed by atoms with van der Waals surface area (Å²) in [5.41, 5.74) is 2.31. The van der Waals surface area contributed by atoms with E-state index in [0.717, 1.165) is 26.9 Å². The van der Waals surface area contributed by atoms with Crippen molar-refractivity contribution in [2.45, 2.75) is 13.3 Å². The van der Waals surface area contributed by atoms with Crippen LogP contribution in [0.4, 0.5) is 9.52 Å². The number of hydrogen-bond donors (Lipinski definition) is 2. The molecule has 0 fully saturated rings. The van der Waals surface area contributed by atoms with E-state index in [2.05, 4.69) is 15.3 Å². The number of carbonyl (C=O) groups is 1. The quantitative estimate of drug-likeness (QED) is 0.544. The Balaban J connectivity index is 1.51. The van der Waals surface area contributed by atoms with Crippen LogP contribution in [0.3, 0.4) is 0 Å². The molecule has 2 aromatic heterocycles. The number of fused-ring (bicyclic) bond motifs is 2. The fraction of sp³-hybridized carbons (Fsp3) is 0.158. The van der Waals surface area contributed by atoms with E-state index in [0.29, 0.717) is 17.3 Å². The summed E-state index contributed by atoms with van der Waals surface area (Å²) in [4.78, 5) is 19.8. The summed E-state index contributed by atoms with van der Waals surface area (Å²) in [6.07, 6.45) is 1.92. The van der Waals surface area contributed by atoms with Crippen LogP contribution in [0.15, 0.2) is 42.6 Å². The van der Waals surface area contributed by atoms with Gasteiger partial charge in [0.25, 0.3) is 0 Å². The average Bonchev–Trinajstić information content (AvgIpc) is 3.18. The molecular formula is C19H16FN3O2S. The van der Waals surface area contributed by atoms with Crippen LogP contribution in [0, 0.1) is 5.82 Å². The maximum absolute atomic E-state index is 13.3. The maximum Gasteiger partial charge on any atom is 0.230 e. The second-order valence-electron chi connectivity index (χ2n) is 5.81. The van der Waals surface area contributed by atoms with Crippen molar-refractivity contribution in [1.29, 1.82) is 0 Å². The number of nitrogens with zero attached hydrogens (tertiary/aromatic N) is 1. The number of amides is 1. The number of anilines is 1. The summed E-state index contributed by atoms with van der Waals surface area (Å²) >= 11 is 1.40. The Bertz CT molecular complexity index is 1100. The molecule has 0 radical (unpaired) electrons. The number of benzene rings is 2. The van der Waals surface area contributed by atoms with Gasteiger partial charge in [0, 0.05) is 17.1 Å². The number of hydrogen-bond acceptors (Lipinski definition) is 4. The molecule has 132 valence electrons. The molecule has 4 rings (SSSR count). The van der Waals surface area contributed by atoms with Gasteiger partial charge in [-0.15, -0.1) is 0 Å². The summed E-state index contributed by atoms with van der Waals surface area (Å²) in [5.74, 6) is 0.308. The molecule has 0 saturated carbocycles. The Hall–Kier alpha value is -2.93. The molecule has 0 bridgehead atoms. The van der Waals surface area contributed by atoms with Gasteiger partial charge in [0.2, 0.25) is 5.91 Å². The number of aromatic amines is 1. The highest BCUT2D eigenvalue weighted by molar-refractivity contribution is 7.22. The van der Waals surface area contributed by atoms with Crippen molar-refractivity contribution in [2.24, 2.45) is 0 Å². The van der Waals surface area contributed by atoms with E-state index in [4.69, 9.17) is 4.74 Å². The van der Waals surface area contributed by atoms with Crippen molar-refractivity contribution < 1.29 is 13.9 Å². The van der Waals surface area contributed by atoms with Gasteiger partial charge in [-0.25, -0.2) is 9.37 Å². The second-order valence-corrected chi connectivity index (χ2v) is 6.84. The summed E-state index contributed by atoms with van der Waals surface area (Å²) in [6.45, 7) is 2.53. The second kappa shape index (κ2) is 6.76. The monoisotopic (exact) mass is 369 g/mol. The van der Waals surface area contributed by atoms with Crippen molar-refractivity contribution in [3.05, 3.63) is 54.0 Å². The third-order valence-electron chi connectivity index (χ3n) is 4.00. The van der Waals surface area contributed by atoms with Crippen molar-refractivity contribution >= 4 is 43.5 Å². The van der Waals surface area contributed by atoms with Crippen LogP contribution in [0.25, 0.3) is 21.1 Å². The van der Waals surface area contributed by atoms with Gasteiger partial charge in [0.1, 0.15) is 11.6 Å². The molecule has 2 N–H and O–H groups in total. The molecule has 0 spiro atoms. The molecule has 2 heterocycles. The number of nitrogens with one attached hydrogen (secondary N) is 2. The van der Waals surface area contributed by atoms with E-state index in [1.807, 2.05) is 25.1 Å². The van der Waals surface area contributed by atoms with Crippen LogP contribution < -0.4 is 10.1 Å². The van der Waals surface area contributed by atoms with E-state index in [-0.39, 0.29) is 18.1 Å². The first-order valence-corrected chi connectivity index (χ1v) is 9.03. The van der Waals surface area contributed by atoms with E-state index in [1.54, 1.807) is 12.3 Å². The molecule has 0 unspecified atom stereocenters. The Morgan fingerprint density at radius 1 is 1.31 bits per heavy atom. The molecule has 0 aliphatic rings. The van der Waals surface area contributed by atoms with Crippen LogP contribution in [-0.4, -0.2) is 22.5 Å². The van der Waals surface area contributed by atoms with Gasteiger partial charge in [-0.3, -0.25) is 4.79 Å². The van der Waals surface area contributed by atoms with Gasteiger partial charge in [0.15, 0.2) is 5.13 Å². The first-order chi connectivity index (χ1) is 12.6. The highest BCUT2D eigenvalue weighted by Gasteiger charge is 2.12. The Morgan fingerprint density at radius 2 is 2.19 bits per heavy atom. The van der Waals surface area contributed by atoms with Crippen LogP contribution in [-0.2, 0) is 11.2 Å². The Labute approximate surface area is 152 Å². The molecule has 1 amide bonds. The first kappa shape index (κ1) is 16.5. The SMILES string of the molecule is CCOc1ccc2nc(NC(=O)Cc3c[nH]c4cc(F)ccc34)sc2c1. The smallest absolute Gasteiger partial charge is 0.230 e. The van der Waals surface area contributed by atoms with Gasteiger partial charge in [-0.2, -0.15) is 0 Å². The van der Waals surface area contributed by atoms with Crippen LogP contribution in [0.2, 0.25) is 0 Å². The lowest BCUT2D eigenvalue weighted by Crippen LogP contribution is -2.13. The lowest BCUT2D eigenvalue weighted by atomic mass is 10.1. The zero-order valence-electron chi connectivity index (χ0n) is 14.0. The fourth-order valence-corrected chi connectivity index (χ4v) is 3.77. The molecule has 0 saturated heterocycles. The zero-order chi connectivity index (χ0) is 18.1. The molecule has 26 heavy (non-hydrogen) atoms. The number of ether oxygens (including phenoxy) is 1. The minimum atomic E-state index is -0.309. The van der Waals surface area contributed by atoms with Crippen molar-refractivity contribution in [2.75, 3.05) is 11.9 Å². The maximum atomic E-state index is 13.3. The highest BCUT2D eigenvalue weighted by atomic mass is 32.1. The van der Waals surface area contributed by atoms with Gasteiger partial charge >= 0.3 is 0 Å². The molecule has 5 nitrogen and oxygen atoms in total. The number of thiazole rings is 1. The third-order valence-corrected chi connectivity index (χ3v) is 4.93. The first-order valence-electron chi connectivity index (χ1n) is 8.21. The standard InChI is InChI=1S/C19H16FN3O2S/c1-2-25-13-4-6-15-17(9-13)26-19(22-15)23-18(24)7-11-10-21-16-8-12(20)3-5-14(11)16/h3-6,8-10,21H,2,7H2,1H3,(H,22,23,24).